The summed E-state index contributed by atoms with van der Waals surface area (Å²) >= 11 is 0. The van der Waals surface area contributed by atoms with Gasteiger partial charge in [0, 0.05) is 16.6 Å². The highest BCUT2D eigenvalue weighted by Crippen LogP contribution is 2.57. The number of aliphatic hydroxyl groups is 1. The Morgan fingerprint density at radius 1 is 1.50 bits per heavy atom. The molecule has 2 aliphatic carbocycles. The van der Waals surface area contributed by atoms with Gasteiger partial charge in [-0.15, -0.1) is 0 Å². The number of esters is 1. The molecule has 18 heavy (non-hydrogen) atoms. The number of carbonyl (C=O) groups excluding carboxylic acids is 1. The van der Waals surface area contributed by atoms with Gasteiger partial charge in [-0.1, -0.05) is 26.0 Å². The van der Waals surface area contributed by atoms with Crippen LogP contribution in [0.2, 0.25) is 0 Å². The van der Waals surface area contributed by atoms with E-state index >= 15 is 0 Å². The second-order valence-corrected chi connectivity index (χ2v) is 6.21. The number of allylic oxidation sites excluding steroid dienone is 1. The second-order valence-electron chi connectivity index (χ2n) is 6.21. The molecule has 4 unspecified atom stereocenters. The third kappa shape index (κ3) is 1.37. The van der Waals surface area contributed by atoms with Crippen LogP contribution in [-0.4, -0.2) is 23.8 Å². The number of ether oxygens (including phenoxy) is 1. The molecule has 0 spiro atoms. The first-order valence-corrected chi connectivity index (χ1v) is 6.72. The fraction of sp³-hybridized carbons (Fsp3) is 0.667. The molecule has 0 amide bonds. The van der Waals surface area contributed by atoms with Gasteiger partial charge in [-0.25, -0.2) is 4.79 Å². The van der Waals surface area contributed by atoms with Crippen molar-refractivity contribution in [3.8, 4) is 0 Å². The molecule has 0 aromatic heterocycles. The molecule has 0 aromatic carbocycles. The standard InChI is InChI=1S/C15H20O3/c1-8-4-5-15(3)11(9(8)2)6-12(16)10-7-18-14(17)13(10)15/h8,11-12,16H,2,4-7H2,1,3H3. The summed E-state index contributed by atoms with van der Waals surface area (Å²) in [4.78, 5) is 12.0. The van der Waals surface area contributed by atoms with Crippen molar-refractivity contribution in [1.82, 2.24) is 0 Å². The fourth-order valence-corrected chi connectivity index (χ4v) is 3.99. The van der Waals surface area contributed by atoms with Gasteiger partial charge in [0.25, 0.3) is 0 Å². The lowest BCUT2D eigenvalue weighted by molar-refractivity contribution is -0.137. The normalized spacial score (nSPS) is 43.6. The molecule has 0 bridgehead atoms. The lowest BCUT2D eigenvalue weighted by atomic mass is 9.54. The summed E-state index contributed by atoms with van der Waals surface area (Å²) in [6.45, 7) is 8.82. The first-order chi connectivity index (χ1) is 8.45. The maximum absolute atomic E-state index is 12.0. The van der Waals surface area contributed by atoms with Gasteiger partial charge in [0.1, 0.15) is 6.61 Å². The van der Waals surface area contributed by atoms with Crippen molar-refractivity contribution in [1.29, 1.82) is 0 Å². The number of carbonyl (C=O) groups is 1. The number of hydrogen-bond donors (Lipinski definition) is 1. The van der Waals surface area contributed by atoms with Gasteiger partial charge in [0.05, 0.1) is 6.10 Å². The highest BCUT2D eigenvalue weighted by atomic mass is 16.5. The minimum Gasteiger partial charge on any atom is -0.458 e. The largest absolute Gasteiger partial charge is 0.458 e. The third-order valence-corrected chi connectivity index (χ3v) is 5.26. The van der Waals surface area contributed by atoms with Crippen LogP contribution in [0.1, 0.15) is 33.1 Å². The fourth-order valence-electron chi connectivity index (χ4n) is 3.99. The Morgan fingerprint density at radius 2 is 2.22 bits per heavy atom. The molecule has 3 heteroatoms. The SMILES string of the molecule is C=C1C(C)CCC2(C)C3=C(COC3=O)C(O)CC12. The average Bonchev–Trinajstić information content (AvgIpc) is 2.72. The molecule has 0 saturated heterocycles. The van der Waals surface area contributed by atoms with Crippen LogP contribution < -0.4 is 0 Å². The van der Waals surface area contributed by atoms with Crippen molar-refractivity contribution in [3.05, 3.63) is 23.3 Å². The van der Waals surface area contributed by atoms with Crippen molar-refractivity contribution in [3.63, 3.8) is 0 Å². The predicted molar refractivity (Wildman–Crippen MR) is 67.7 cm³/mol. The van der Waals surface area contributed by atoms with Crippen LogP contribution in [0.25, 0.3) is 0 Å². The van der Waals surface area contributed by atoms with E-state index in [0.717, 1.165) is 24.0 Å². The zero-order chi connectivity index (χ0) is 13.1. The van der Waals surface area contributed by atoms with E-state index in [-0.39, 0.29) is 23.9 Å². The van der Waals surface area contributed by atoms with Crippen LogP contribution in [0.15, 0.2) is 23.3 Å². The highest BCUT2D eigenvalue weighted by molar-refractivity contribution is 5.94. The summed E-state index contributed by atoms with van der Waals surface area (Å²) in [5, 5.41) is 10.2. The van der Waals surface area contributed by atoms with E-state index in [1.807, 2.05) is 0 Å². The molecule has 3 aliphatic rings. The smallest absolute Gasteiger partial charge is 0.335 e. The number of cyclic esters (lactones) is 1. The number of hydrogen-bond acceptors (Lipinski definition) is 3. The van der Waals surface area contributed by atoms with Crippen molar-refractivity contribution >= 4 is 5.97 Å². The van der Waals surface area contributed by atoms with E-state index in [1.165, 1.54) is 5.57 Å². The molecule has 4 atom stereocenters. The van der Waals surface area contributed by atoms with Crippen LogP contribution in [0.4, 0.5) is 0 Å². The summed E-state index contributed by atoms with van der Waals surface area (Å²) in [6.07, 6.45) is 2.20. The van der Waals surface area contributed by atoms with E-state index in [4.69, 9.17) is 4.74 Å². The van der Waals surface area contributed by atoms with E-state index < -0.39 is 6.10 Å². The van der Waals surface area contributed by atoms with E-state index in [0.29, 0.717) is 12.3 Å². The van der Waals surface area contributed by atoms with Crippen LogP contribution in [-0.2, 0) is 9.53 Å². The second kappa shape index (κ2) is 3.70. The number of rotatable bonds is 0. The maximum Gasteiger partial charge on any atom is 0.335 e. The van der Waals surface area contributed by atoms with Crippen LogP contribution in [0.5, 0.6) is 0 Å². The molecule has 1 heterocycles. The molecular formula is C15H20O3. The summed E-state index contributed by atoms with van der Waals surface area (Å²) in [6, 6.07) is 0. The van der Waals surface area contributed by atoms with E-state index in [9.17, 15) is 9.90 Å². The first kappa shape index (κ1) is 12.0. The van der Waals surface area contributed by atoms with Crippen LogP contribution in [0, 0.1) is 17.3 Å². The summed E-state index contributed by atoms with van der Waals surface area (Å²) in [5.41, 5.74) is 2.58. The van der Waals surface area contributed by atoms with Crippen LogP contribution in [0.3, 0.4) is 0 Å². The Morgan fingerprint density at radius 3 is 2.94 bits per heavy atom. The predicted octanol–water partition coefficient (Wildman–Crippen LogP) is 2.21. The minimum absolute atomic E-state index is 0.175. The molecular weight excluding hydrogens is 228 g/mol. The Kier molecular flexibility index (Phi) is 2.46. The summed E-state index contributed by atoms with van der Waals surface area (Å²) in [7, 11) is 0. The van der Waals surface area contributed by atoms with Gasteiger partial charge >= 0.3 is 5.97 Å². The lowest BCUT2D eigenvalue weighted by Crippen LogP contribution is -2.44. The summed E-state index contributed by atoms with van der Waals surface area (Å²) < 4.78 is 5.14. The molecule has 1 N–H and O–H groups in total. The van der Waals surface area contributed by atoms with Crippen molar-refractivity contribution in [2.45, 2.75) is 39.2 Å². The average molecular weight is 248 g/mol. The van der Waals surface area contributed by atoms with Gasteiger partial charge in [-0.3, -0.25) is 0 Å². The zero-order valence-electron chi connectivity index (χ0n) is 11.0. The molecule has 1 aliphatic heterocycles. The van der Waals surface area contributed by atoms with Crippen LogP contribution >= 0.6 is 0 Å². The number of fused-ring (bicyclic) bond motifs is 2. The number of aliphatic hydroxyl groups excluding tert-OH is 1. The Labute approximate surface area is 108 Å². The molecule has 0 radical (unpaired) electrons. The molecule has 3 rings (SSSR count). The molecule has 1 fully saturated rings. The molecule has 0 aromatic rings. The molecule has 98 valence electrons. The topological polar surface area (TPSA) is 46.5 Å². The highest BCUT2D eigenvalue weighted by Gasteiger charge is 2.53. The minimum atomic E-state index is -0.536. The Balaban J connectivity index is 2.10. The van der Waals surface area contributed by atoms with Gasteiger partial charge in [-0.2, -0.15) is 0 Å². The zero-order valence-corrected chi connectivity index (χ0v) is 11.0. The Bertz CT molecular complexity index is 462. The molecule has 1 saturated carbocycles. The van der Waals surface area contributed by atoms with E-state index in [1.54, 1.807) is 0 Å². The first-order valence-electron chi connectivity index (χ1n) is 6.72. The Hall–Kier alpha value is -1.09. The lowest BCUT2D eigenvalue weighted by Gasteiger charge is -2.49. The quantitative estimate of drug-likeness (QED) is 0.528. The van der Waals surface area contributed by atoms with Gasteiger partial charge in [-0.05, 0) is 31.1 Å². The van der Waals surface area contributed by atoms with Gasteiger partial charge in [0.15, 0.2) is 0 Å². The van der Waals surface area contributed by atoms with E-state index in [2.05, 4.69) is 20.4 Å². The van der Waals surface area contributed by atoms with Gasteiger partial charge in [0.2, 0.25) is 0 Å². The van der Waals surface area contributed by atoms with Gasteiger partial charge < -0.3 is 9.84 Å². The third-order valence-electron chi connectivity index (χ3n) is 5.26. The molecule has 3 nitrogen and oxygen atoms in total. The monoisotopic (exact) mass is 248 g/mol. The van der Waals surface area contributed by atoms with Crippen molar-refractivity contribution in [2.24, 2.45) is 17.3 Å². The van der Waals surface area contributed by atoms with Crippen molar-refractivity contribution < 1.29 is 14.6 Å². The maximum atomic E-state index is 12.0. The van der Waals surface area contributed by atoms with Crippen molar-refractivity contribution in [2.75, 3.05) is 6.61 Å². The summed E-state index contributed by atoms with van der Waals surface area (Å²) in [5.74, 6) is 0.467.